The fraction of sp³-hybridized carbons (Fsp3) is 0.562. The topological polar surface area (TPSA) is 49.8 Å². The Balaban J connectivity index is 2.03. The lowest BCUT2D eigenvalue weighted by atomic mass is 9.98. The second-order valence-electron chi connectivity index (χ2n) is 5.93. The zero-order valence-electron chi connectivity index (χ0n) is 12.6. The minimum atomic E-state index is -0.662. The summed E-state index contributed by atoms with van der Waals surface area (Å²) in [5, 5.41) is 10.1. The van der Waals surface area contributed by atoms with Crippen molar-refractivity contribution in [1.82, 2.24) is 4.90 Å². The second-order valence-corrected chi connectivity index (χ2v) is 5.93. The van der Waals surface area contributed by atoms with Gasteiger partial charge in [0, 0.05) is 13.1 Å². The first-order chi connectivity index (χ1) is 9.91. The van der Waals surface area contributed by atoms with Crippen LogP contribution in [0.2, 0.25) is 0 Å². The summed E-state index contributed by atoms with van der Waals surface area (Å²) in [6, 6.07) is 4.60. The van der Waals surface area contributed by atoms with E-state index < -0.39 is 17.4 Å². The number of likely N-dealkylation sites (tertiary alicyclic amines) is 1. The largest absolute Gasteiger partial charge is 0.465 e. The Morgan fingerprint density at radius 2 is 2.19 bits per heavy atom. The molecule has 1 saturated heterocycles. The molecule has 1 aromatic carbocycles. The predicted molar refractivity (Wildman–Crippen MR) is 77.5 cm³/mol. The van der Waals surface area contributed by atoms with Gasteiger partial charge < -0.3 is 9.84 Å². The highest BCUT2D eigenvalue weighted by Gasteiger charge is 2.25. The average molecular weight is 295 g/mol. The summed E-state index contributed by atoms with van der Waals surface area (Å²) in [5.74, 6) is -1.22. The number of hydrogen-bond acceptors (Lipinski definition) is 4. The molecule has 1 unspecified atom stereocenters. The Morgan fingerprint density at radius 3 is 2.86 bits per heavy atom. The molecule has 0 bridgehead atoms. The van der Waals surface area contributed by atoms with Gasteiger partial charge in [0.1, 0.15) is 5.82 Å². The highest BCUT2D eigenvalue weighted by Crippen LogP contribution is 2.22. The molecule has 1 atom stereocenters. The highest BCUT2D eigenvalue weighted by atomic mass is 19.1. The lowest BCUT2D eigenvalue weighted by molar-refractivity contribution is 0.0443. The minimum Gasteiger partial charge on any atom is -0.465 e. The number of esters is 1. The molecule has 0 aliphatic carbocycles. The molecule has 0 amide bonds. The van der Waals surface area contributed by atoms with Crippen LogP contribution >= 0.6 is 0 Å². The number of hydrogen-bond donors (Lipinski definition) is 1. The molecule has 21 heavy (non-hydrogen) atoms. The molecule has 1 aromatic rings. The molecule has 1 fully saturated rings. The number of nitrogens with zero attached hydrogens (tertiary/aromatic N) is 1. The van der Waals surface area contributed by atoms with Gasteiger partial charge in [-0.25, -0.2) is 9.18 Å². The van der Waals surface area contributed by atoms with Crippen LogP contribution < -0.4 is 0 Å². The first kappa shape index (κ1) is 15.9. The molecule has 1 aliphatic rings. The third-order valence-corrected chi connectivity index (χ3v) is 4.00. The number of benzene rings is 1. The van der Waals surface area contributed by atoms with Gasteiger partial charge in [-0.1, -0.05) is 6.07 Å². The van der Waals surface area contributed by atoms with Crippen LogP contribution in [0.15, 0.2) is 18.2 Å². The number of carbonyl (C=O) groups is 1. The van der Waals surface area contributed by atoms with Gasteiger partial charge in [-0.05, 0) is 50.4 Å². The van der Waals surface area contributed by atoms with Gasteiger partial charge in [-0.2, -0.15) is 0 Å². The SMILES string of the molecule is COC(=O)c1ccc(CN2CCCC(C)(O)CC2)cc1F. The van der Waals surface area contributed by atoms with Crippen molar-refractivity contribution in [1.29, 1.82) is 0 Å². The number of rotatable bonds is 3. The van der Waals surface area contributed by atoms with Crippen LogP contribution in [-0.2, 0) is 11.3 Å². The van der Waals surface area contributed by atoms with E-state index in [2.05, 4.69) is 9.64 Å². The van der Waals surface area contributed by atoms with Crippen LogP contribution in [0, 0.1) is 5.82 Å². The van der Waals surface area contributed by atoms with E-state index in [1.807, 2.05) is 6.92 Å². The number of methoxy groups -OCH3 is 1. The number of halogens is 1. The van der Waals surface area contributed by atoms with Crippen LogP contribution in [0.5, 0.6) is 0 Å². The fourth-order valence-electron chi connectivity index (χ4n) is 2.67. The van der Waals surface area contributed by atoms with Crippen molar-refractivity contribution >= 4 is 5.97 Å². The maximum atomic E-state index is 13.9. The van der Waals surface area contributed by atoms with Gasteiger partial charge in [0.2, 0.25) is 0 Å². The van der Waals surface area contributed by atoms with Crippen LogP contribution in [0.3, 0.4) is 0 Å². The predicted octanol–water partition coefficient (Wildman–Crippen LogP) is 2.35. The zero-order chi connectivity index (χ0) is 15.5. The first-order valence-corrected chi connectivity index (χ1v) is 7.23. The summed E-state index contributed by atoms with van der Waals surface area (Å²) in [6.07, 6.45) is 2.44. The third-order valence-electron chi connectivity index (χ3n) is 4.00. The smallest absolute Gasteiger partial charge is 0.340 e. The molecule has 4 nitrogen and oxygen atoms in total. The van der Waals surface area contributed by atoms with Crippen LogP contribution in [0.25, 0.3) is 0 Å². The van der Waals surface area contributed by atoms with Gasteiger partial charge >= 0.3 is 5.97 Å². The molecule has 2 rings (SSSR count). The van der Waals surface area contributed by atoms with Gasteiger partial charge in [0.25, 0.3) is 0 Å². The van der Waals surface area contributed by atoms with Crippen LogP contribution in [0.1, 0.15) is 42.1 Å². The van der Waals surface area contributed by atoms with E-state index in [-0.39, 0.29) is 5.56 Å². The Hall–Kier alpha value is -1.46. The second kappa shape index (κ2) is 6.54. The summed E-state index contributed by atoms with van der Waals surface area (Å²) in [7, 11) is 1.23. The quantitative estimate of drug-likeness (QED) is 0.870. The fourth-order valence-corrected chi connectivity index (χ4v) is 2.67. The van der Waals surface area contributed by atoms with Crippen LogP contribution in [0.4, 0.5) is 4.39 Å². The standard InChI is InChI=1S/C16H22FNO3/c1-16(20)6-3-8-18(9-7-16)11-12-4-5-13(14(17)10-12)15(19)21-2/h4-5,10,20H,3,6-9,11H2,1-2H3. The van der Waals surface area contributed by atoms with E-state index in [1.54, 1.807) is 6.07 Å². The van der Waals surface area contributed by atoms with E-state index in [0.717, 1.165) is 37.9 Å². The monoisotopic (exact) mass is 295 g/mol. The maximum Gasteiger partial charge on any atom is 0.340 e. The van der Waals surface area contributed by atoms with Crippen LogP contribution in [-0.4, -0.2) is 41.8 Å². The van der Waals surface area contributed by atoms with Gasteiger partial charge in [-0.15, -0.1) is 0 Å². The molecule has 0 radical (unpaired) electrons. The normalized spacial score (nSPS) is 23.6. The molecule has 1 aliphatic heterocycles. The summed E-state index contributed by atoms with van der Waals surface area (Å²) in [4.78, 5) is 13.6. The Morgan fingerprint density at radius 1 is 1.43 bits per heavy atom. The molecule has 1 heterocycles. The van der Waals surface area contributed by atoms with E-state index in [1.165, 1.54) is 19.2 Å². The number of ether oxygens (including phenoxy) is 1. The average Bonchev–Trinajstić information content (AvgIpc) is 2.59. The summed E-state index contributed by atoms with van der Waals surface area (Å²) >= 11 is 0. The first-order valence-electron chi connectivity index (χ1n) is 7.23. The molecular formula is C16H22FNO3. The molecular weight excluding hydrogens is 273 g/mol. The third kappa shape index (κ3) is 4.25. The Bertz CT molecular complexity index is 516. The Labute approximate surface area is 124 Å². The maximum absolute atomic E-state index is 13.9. The lowest BCUT2D eigenvalue weighted by Gasteiger charge is -2.22. The Kier molecular flexibility index (Phi) is 4.96. The van der Waals surface area contributed by atoms with Gasteiger partial charge in [-0.3, -0.25) is 4.90 Å². The van der Waals surface area contributed by atoms with Crippen molar-refractivity contribution < 1.29 is 19.0 Å². The van der Waals surface area contributed by atoms with E-state index in [0.29, 0.717) is 6.54 Å². The molecule has 5 heteroatoms. The molecule has 1 N–H and O–H groups in total. The van der Waals surface area contributed by atoms with E-state index >= 15 is 0 Å². The number of carbonyl (C=O) groups excluding carboxylic acids is 1. The summed E-state index contributed by atoms with van der Waals surface area (Å²) < 4.78 is 18.4. The van der Waals surface area contributed by atoms with Gasteiger partial charge in [0.15, 0.2) is 0 Å². The lowest BCUT2D eigenvalue weighted by Crippen LogP contribution is -2.28. The van der Waals surface area contributed by atoms with E-state index in [4.69, 9.17) is 0 Å². The van der Waals surface area contributed by atoms with Crippen molar-refractivity contribution in [2.75, 3.05) is 20.2 Å². The molecule has 0 aromatic heterocycles. The van der Waals surface area contributed by atoms with Crippen molar-refractivity contribution in [3.05, 3.63) is 35.1 Å². The van der Waals surface area contributed by atoms with Crippen molar-refractivity contribution in [3.63, 3.8) is 0 Å². The van der Waals surface area contributed by atoms with Crippen molar-refractivity contribution in [2.24, 2.45) is 0 Å². The van der Waals surface area contributed by atoms with Gasteiger partial charge in [0.05, 0.1) is 18.3 Å². The molecule has 0 saturated carbocycles. The summed E-state index contributed by atoms with van der Waals surface area (Å²) in [6.45, 7) is 4.15. The zero-order valence-corrected chi connectivity index (χ0v) is 12.6. The number of aliphatic hydroxyl groups is 1. The van der Waals surface area contributed by atoms with E-state index in [9.17, 15) is 14.3 Å². The molecule has 0 spiro atoms. The summed E-state index contributed by atoms with van der Waals surface area (Å²) in [5.41, 5.74) is 0.177. The highest BCUT2D eigenvalue weighted by molar-refractivity contribution is 5.89. The van der Waals surface area contributed by atoms with Crippen molar-refractivity contribution in [3.8, 4) is 0 Å². The minimum absolute atomic E-state index is 0.0416. The molecule has 116 valence electrons. The van der Waals surface area contributed by atoms with Crippen molar-refractivity contribution in [2.45, 2.75) is 38.3 Å².